The van der Waals surface area contributed by atoms with Crippen LogP contribution in [0.25, 0.3) is 22.2 Å². The summed E-state index contributed by atoms with van der Waals surface area (Å²) in [6.07, 6.45) is 4.35. The predicted molar refractivity (Wildman–Crippen MR) is 155 cm³/mol. The fourth-order valence-corrected chi connectivity index (χ4v) is 5.70. The van der Waals surface area contributed by atoms with Crippen LogP contribution >= 0.6 is 23.2 Å². The number of anilines is 2. The molecular weight excluding hydrogens is 557 g/mol. The van der Waals surface area contributed by atoms with Crippen molar-refractivity contribution >= 4 is 51.7 Å². The van der Waals surface area contributed by atoms with Crippen LogP contribution in [0.1, 0.15) is 12.8 Å². The fraction of sp³-hybridized carbons (Fsp3) is 0.429. The Morgan fingerprint density at radius 2 is 1.90 bits per heavy atom. The van der Waals surface area contributed by atoms with Gasteiger partial charge in [-0.2, -0.15) is 0 Å². The van der Waals surface area contributed by atoms with Gasteiger partial charge in [-0.3, -0.25) is 4.79 Å². The standard InChI is InChI=1S/C28H31Cl2N5O5/c1-5-17(36)8-15-6-7-40-14-20(15)33-28-31-11-16-9-19(23-24(29)21(38-3)10-22(39-4)25(23)30)32-27(26(16)34-28)35-12-18(13-35)37-2/h5,9-11,15,18,20H,1,6-8,12-14H2,2-4H3,(H,31,33,34)/t15-,20-/m1/s1. The maximum atomic E-state index is 12.1. The van der Waals surface area contributed by atoms with Crippen molar-refractivity contribution in [2.45, 2.75) is 25.0 Å². The Balaban J connectivity index is 1.57. The van der Waals surface area contributed by atoms with Gasteiger partial charge in [0.25, 0.3) is 0 Å². The zero-order valence-electron chi connectivity index (χ0n) is 22.6. The van der Waals surface area contributed by atoms with E-state index in [9.17, 15) is 4.79 Å². The molecule has 2 aromatic heterocycles. The van der Waals surface area contributed by atoms with Gasteiger partial charge in [-0.15, -0.1) is 0 Å². The van der Waals surface area contributed by atoms with Crippen LogP contribution in [0.3, 0.4) is 0 Å². The number of carbonyl (C=O) groups excluding carboxylic acids is 1. The smallest absolute Gasteiger partial charge is 0.223 e. The topological polar surface area (TPSA) is 108 Å². The highest BCUT2D eigenvalue weighted by Crippen LogP contribution is 2.46. The van der Waals surface area contributed by atoms with E-state index in [0.717, 1.165) is 11.8 Å². The van der Waals surface area contributed by atoms with E-state index in [-0.39, 0.29) is 23.8 Å². The van der Waals surface area contributed by atoms with Crippen LogP contribution in [0, 0.1) is 5.92 Å². The summed E-state index contributed by atoms with van der Waals surface area (Å²) in [5, 5.41) is 4.78. The highest BCUT2D eigenvalue weighted by atomic mass is 35.5. The third-order valence-corrected chi connectivity index (χ3v) is 8.11. The van der Waals surface area contributed by atoms with Crippen LogP contribution in [-0.2, 0) is 14.3 Å². The lowest BCUT2D eigenvalue weighted by molar-refractivity contribution is -0.116. The van der Waals surface area contributed by atoms with Crippen LogP contribution in [0.4, 0.5) is 11.8 Å². The Bertz CT molecular complexity index is 1400. The van der Waals surface area contributed by atoms with Crippen molar-refractivity contribution in [3.8, 4) is 22.8 Å². The van der Waals surface area contributed by atoms with Gasteiger partial charge in [0.2, 0.25) is 5.95 Å². The highest BCUT2D eigenvalue weighted by molar-refractivity contribution is 6.41. The molecule has 12 heteroatoms. The quantitative estimate of drug-likeness (QED) is 0.332. The molecule has 5 rings (SSSR count). The molecule has 3 aromatic rings. The minimum absolute atomic E-state index is 0.00845. The molecule has 2 fully saturated rings. The number of fused-ring (bicyclic) bond motifs is 1. The molecule has 2 aliphatic heterocycles. The lowest BCUT2D eigenvalue weighted by Crippen LogP contribution is -2.52. The number of aromatic nitrogens is 3. The molecule has 0 amide bonds. The second kappa shape index (κ2) is 12.1. The normalized spacial score (nSPS) is 19.3. The van der Waals surface area contributed by atoms with Gasteiger partial charge < -0.3 is 29.2 Å². The summed E-state index contributed by atoms with van der Waals surface area (Å²) in [6.45, 7) is 5.97. The number of methoxy groups -OCH3 is 3. The lowest BCUT2D eigenvalue weighted by Gasteiger charge is -2.39. The third-order valence-electron chi connectivity index (χ3n) is 7.36. The Kier molecular flexibility index (Phi) is 8.60. The zero-order chi connectivity index (χ0) is 28.4. The van der Waals surface area contributed by atoms with Crippen LogP contribution in [0.5, 0.6) is 11.5 Å². The number of allylic oxidation sites excluding steroid dienone is 1. The molecule has 0 unspecified atom stereocenters. The van der Waals surface area contributed by atoms with E-state index in [1.165, 1.54) is 20.3 Å². The van der Waals surface area contributed by atoms with Crippen molar-refractivity contribution in [1.29, 1.82) is 0 Å². The molecule has 2 saturated heterocycles. The molecule has 0 saturated carbocycles. The van der Waals surface area contributed by atoms with Gasteiger partial charge in [-0.1, -0.05) is 29.8 Å². The number of nitrogens with one attached hydrogen (secondary N) is 1. The van der Waals surface area contributed by atoms with E-state index < -0.39 is 0 Å². The van der Waals surface area contributed by atoms with Crippen LogP contribution in [-0.4, -0.2) is 80.5 Å². The number of ether oxygens (including phenoxy) is 4. The summed E-state index contributed by atoms with van der Waals surface area (Å²) in [6, 6.07) is 3.37. The summed E-state index contributed by atoms with van der Waals surface area (Å²) in [5.74, 6) is 2.01. The summed E-state index contributed by atoms with van der Waals surface area (Å²) >= 11 is 13.5. The van der Waals surface area contributed by atoms with Crippen LogP contribution < -0.4 is 19.7 Å². The van der Waals surface area contributed by atoms with E-state index in [2.05, 4.69) is 21.8 Å². The van der Waals surface area contributed by atoms with E-state index in [4.69, 9.17) is 52.1 Å². The molecule has 0 radical (unpaired) electrons. The number of ketones is 1. The van der Waals surface area contributed by atoms with Crippen molar-refractivity contribution in [3.05, 3.63) is 41.0 Å². The van der Waals surface area contributed by atoms with Crippen molar-refractivity contribution in [3.63, 3.8) is 0 Å². The maximum absolute atomic E-state index is 12.1. The molecule has 0 aliphatic carbocycles. The first-order valence-electron chi connectivity index (χ1n) is 12.9. The first-order valence-corrected chi connectivity index (χ1v) is 13.7. The zero-order valence-corrected chi connectivity index (χ0v) is 24.1. The first kappa shape index (κ1) is 28.4. The fourth-order valence-electron chi connectivity index (χ4n) is 5.00. The monoisotopic (exact) mass is 587 g/mol. The highest BCUT2D eigenvalue weighted by Gasteiger charge is 2.32. The molecule has 4 heterocycles. The molecule has 1 N–H and O–H groups in total. The molecule has 0 bridgehead atoms. The average molecular weight is 588 g/mol. The SMILES string of the molecule is C=CC(=O)C[C@H]1CCOC[C@H]1Nc1ncc2cc(-c3c(Cl)c(OC)cc(OC)c3Cl)nc(N3CC(OC)C3)c2n1. The van der Waals surface area contributed by atoms with Gasteiger partial charge >= 0.3 is 0 Å². The summed E-state index contributed by atoms with van der Waals surface area (Å²) in [4.78, 5) is 28.6. The Labute approximate surface area is 242 Å². The van der Waals surface area contributed by atoms with Gasteiger partial charge in [0.05, 0.1) is 48.7 Å². The van der Waals surface area contributed by atoms with E-state index in [1.807, 2.05) is 6.07 Å². The van der Waals surface area contributed by atoms with Gasteiger partial charge in [-0.25, -0.2) is 15.0 Å². The van der Waals surface area contributed by atoms with Gasteiger partial charge in [0, 0.05) is 56.4 Å². The largest absolute Gasteiger partial charge is 0.495 e. The van der Waals surface area contributed by atoms with Gasteiger partial charge in [0.15, 0.2) is 11.6 Å². The van der Waals surface area contributed by atoms with Gasteiger partial charge in [-0.05, 0) is 24.5 Å². The minimum Gasteiger partial charge on any atom is -0.495 e. The number of benzene rings is 1. The summed E-state index contributed by atoms with van der Waals surface area (Å²) in [5.41, 5.74) is 1.68. The van der Waals surface area contributed by atoms with Crippen molar-refractivity contribution in [2.75, 3.05) is 57.8 Å². The third kappa shape index (κ3) is 5.54. The van der Waals surface area contributed by atoms with Crippen LogP contribution in [0.15, 0.2) is 31.0 Å². The van der Waals surface area contributed by atoms with E-state index in [0.29, 0.717) is 82.8 Å². The minimum atomic E-state index is -0.116. The Hall–Kier alpha value is -3.18. The molecule has 2 aliphatic rings. The molecule has 40 heavy (non-hydrogen) atoms. The number of hydrogen-bond donors (Lipinski definition) is 1. The summed E-state index contributed by atoms with van der Waals surface area (Å²) < 4.78 is 22.1. The Morgan fingerprint density at radius 1 is 1.18 bits per heavy atom. The van der Waals surface area contributed by atoms with Crippen molar-refractivity contribution in [2.24, 2.45) is 5.92 Å². The van der Waals surface area contributed by atoms with Gasteiger partial charge in [0.1, 0.15) is 17.0 Å². The van der Waals surface area contributed by atoms with Crippen molar-refractivity contribution in [1.82, 2.24) is 15.0 Å². The molecule has 1 aromatic carbocycles. The van der Waals surface area contributed by atoms with E-state index in [1.54, 1.807) is 19.4 Å². The molecule has 2 atom stereocenters. The second-order valence-electron chi connectivity index (χ2n) is 9.76. The number of nitrogens with zero attached hydrogens (tertiary/aromatic N) is 4. The number of halogens is 2. The van der Waals surface area contributed by atoms with E-state index >= 15 is 0 Å². The lowest BCUT2D eigenvalue weighted by atomic mass is 9.90. The average Bonchev–Trinajstić information content (AvgIpc) is 2.94. The number of pyridine rings is 1. The maximum Gasteiger partial charge on any atom is 0.223 e. The summed E-state index contributed by atoms with van der Waals surface area (Å²) in [7, 11) is 4.75. The molecule has 212 valence electrons. The predicted octanol–water partition coefficient (Wildman–Crippen LogP) is 4.81. The van der Waals surface area contributed by atoms with Crippen LogP contribution in [0.2, 0.25) is 10.0 Å². The molecule has 10 nitrogen and oxygen atoms in total. The Morgan fingerprint density at radius 3 is 2.55 bits per heavy atom. The number of hydrogen-bond acceptors (Lipinski definition) is 10. The second-order valence-corrected chi connectivity index (χ2v) is 10.5. The molecular formula is C28H31Cl2N5O5. The number of carbonyl (C=O) groups is 1. The van der Waals surface area contributed by atoms with Crippen molar-refractivity contribution < 1.29 is 23.7 Å². The number of rotatable bonds is 10. The molecule has 0 spiro atoms. The first-order chi connectivity index (χ1) is 19.4.